The largest absolute Gasteiger partial charge is 0.503 e. The summed E-state index contributed by atoms with van der Waals surface area (Å²) >= 11 is 1.44. The van der Waals surface area contributed by atoms with Crippen LogP contribution in [0.3, 0.4) is 0 Å². The van der Waals surface area contributed by atoms with Gasteiger partial charge in [-0.3, -0.25) is 10.1 Å². The lowest BCUT2D eigenvalue weighted by atomic mass is 10.2. The van der Waals surface area contributed by atoms with Crippen LogP contribution in [-0.2, 0) is 6.54 Å². The summed E-state index contributed by atoms with van der Waals surface area (Å²) in [4.78, 5) is 12.4. The van der Waals surface area contributed by atoms with Gasteiger partial charge in [-0.05, 0) is 30.7 Å². The van der Waals surface area contributed by atoms with E-state index in [0.717, 1.165) is 27.5 Å². The van der Waals surface area contributed by atoms with Gasteiger partial charge in [0.1, 0.15) is 0 Å². The molecule has 8 heteroatoms. The van der Waals surface area contributed by atoms with E-state index in [1.165, 1.54) is 23.9 Å². The number of aromatic hydroxyl groups is 1. The van der Waals surface area contributed by atoms with E-state index in [1.54, 1.807) is 6.07 Å². The average molecular weight is 402 g/mol. The molecule has 3 aromatic rings. The minimum Gasteiger partial charge on any atom is -0.503 e. The van der Waals surface area contributed by atoms with Gasteiger partial charge in [0.25, 0.3) is 5.69 Å². The predicted octanol–water partition coefficient (Wildman–Crippen LogP) is 5.65. The third kappa shape index (κ3) is 4.58. The highest BCUT2D eigenvalue weighted by Gasteiger charge is 2.14. The number of hydrogen-bond donors (Lipinski definition) is 2. The molecular weight excluding hydrogens is 386 g/mol. The van der Waals surface area contributed by atoms with Crippen LogP contribution < -0.4 is 5.32 Å². The standard InChI is InChI=1S/C20H16F2N2O3S/c1-12-2-5-16(6-3-12)28-19-7-4-15(24(26)27)8-13(19)11-23-14-9-17(21)20(25)18(22)10-14/h2-10,23,25H,11H2,1H3. The van der Waals surface area contributed by atoms with Crippen molar-refractivity contribution in [1.29, 1.82) is 0 Å². The fraction of sp³-hybridized carbons (Fsp3) is 0.100. The maximum absolute atomic E-state index is 13.5. The number of non-ortho nitro benzene ring substituents is 1. The highest BCUT2D eigenvalue weighted by molar-refractivity contribution is 7.99. The summed E-state index contributed by atoms with van der Waals surface area (Å²) in [6.45, 7) is 2.09. The maximum atomic E-state index is 13.5. The van der Waals surface area contributed by atoms with E-state index in [2.05, 4.69) is 5.32 Å². The summed E-state index contributed by atoms with van der Waals surface area (Å²) in [5.74, 6) is -3.22. The van der Waals surface area contributed by atoms with Gasteiger partial charge in [-0.1, -0.05) is 29.5 Å². The summed E-state index contributed by atoms with van der Waals surface area (Å²) < 4.78 is 27.0. The van der Waals surface area contributed by atoms with Crippen LogP contribution in [0.15, 0.2) is 64.4 Å². The molecule has 0 aliphatic carbocycles. The minimum absolute atomic E-state index is 0.0758. The SMILES string of the molecule is Cc1ccc(Sc2ccc([N+](=O)[O-])cc2CNc2cc(F)c(O)c(F)c2)cc1. The Bertz CT molecular complexity index is 1000. The predicted molar refractivity (Wildman–Crippen MR) is 104 cm³/mol. The second kappa shape index (κ2) is 8.26. The highest BCUT2D eigenvalue weighted by Crippen LogP contribution is 2.33. The molecule has 0 saturated carbocycles. The van der Waals surface area contributed by atoms with Crippen molar-refractivity contribution in [2.75, 3.05) is 5.32 Å². The number of anilines is 1. The molecule has 0 bridgehead atoms. The number of hydrogen-bond acceptors (Lipinski definition) is 5. The molecule has 0 unspecified atom stereocenters. The molecule has 0 fully saturated rings. The number of nitrogens with one attached hydrogen (secondary N) is 1. The quantitative estimate of drug-likeness (QED) is 0.317. The number of nitrogens with zero attached hydrogens (tertiary/aromatic N) is 1. The van der Waals surface area contributed by atoms with Crippen molar-refractivity contribution in [2.24, 2.45) is 0 Å². The van der Waals surface area contributed by atoms with Gasteiger partial charge in [-0.25, -0.2) is 8.78 Å². The van der Waals surface area contributed by atoms with Crippen molar-refractivity contribution in [3.8, 4) is 5.75 Å². The van der Waals surface area contributed by atoms with Crippen molar-refractivity contribution in [3.63, 3.8) is 0 Å². The second-order valence-corrected chi connectivity index (χ2v) is 7.22. The lowest BCUT2D eigenvalue weighted by Gasteiger charge is -2.12. The third-order valence-electron chi connectivity index (χ3n) is 4.00. The zero-order valence-corrected chi connectivity index (χ0v) is 15.6. The molecular formula is C20H16F2N2O3S. The summed E-state index contributed by atoms with van der Waals surface area (Å²) in [6, 6.07) is 14.2. The molecule has 5 nitrogen and oxygen atoms in total. The first kappa shape index (κ1) is 19.6. The number of aryl methyl sites for hydroxylation is 1. The third-order valence-corrected chi connectivity index (χ3v) is 5.13. The summed E-state index contributed by atoms with van der Waals surface area (Å²) in [7, 11) is 0. The lowest BCUT2D eigenvalue weighted by Crippen LogP contribution is -2.03. The van der Waals surface area contributed by atoms with Gasteiger partial charge in [0.15, 0.2) is 17.4 Å². The van der Waals surface area contributed by atoms with Crippen molar-refractivity contribution < 1.29 is 18.8 Å². The van der Waals surface area contributed by atoms with Crippen LogP contribution in [0.1, 0.15) is 11.1 Å². The molecule has 0 aromatic heterocycles. The zero-order chi connectivity index (χ0) is 20.3. The van der Waals surface area contributed by atoms with E-state index in [0.29, 0.717) is 5.56 Å². The van der Waals surface area contributed by atoms with Crippen molar-refractivity contribution >= 4 is 23.1 Å². The first-order valence-electron chi connectivity index (χ1n) is 8.27. The molecule has 0 saturated heterocycles. The molecule has 3 aromatic carbocycles. The number of nitro benzene ring substituents is 1. The van der Waals surface area contributed by atoms with Gasteiger partial charge in [0.2, 0.25) is 0 Å². The number of rotatable bonds is 6. The van der Waals surface area contributed by atoms with E-state index in [1.807, 2.05) is 31.2 Å². The molecule has 0 atom stereocenters. The number of halogens is 2. The molecule has 28 heavy (non-hydrogen) atoms. The van der Waals surface area contributed by atoms with Crippen LogP contribution in [0.2, 0.25) is 0 Å². The van der Waals surface area contributed by atoms with Crippen LogP contribution in [0.4, 0.5) is 20.2 Å². The van der Waals surface area contributed by atoms with Gasteiger partial charge >= 0.3 is 0 Å². The Hall–Kier alpha value is -3.13. The highest BCUT2D eigenvalue weighted by atomic mass is 32.2. The number of phenolic OH excluding ortho intramolecular Hbond substituents is 1. The monoisotopic (exact) mass is 402 g/mol. The Morgan fingerprint density at radius 3 is 2.32 bits per heavy atom. The van der Waals surface area contributed by atoms with Crippen molar-refractivity contribution in [2.45, 2.75) is 23.3 Å². The van der Waals surface area contributed by atoms with Gasteiger partial charge in [-0.15, -0.1) is 0 Å². The Balaban J connectivity index is 1.87. The van der Waals surface area contributed by atoms with Crippen LogP contribution in [-0.4, -0.2) is 10.0 Å². The van der Waals surface area contributed by atoms with Crippen LogP contribution >= 0.6 is 11.8 Å². The molecule has 3 rings (SSSR count). The lowest BCUT2D eigenvalue weighted by molar-refractivity contribution is -0.385. The Kier molecular flexibility index (Phi) is 5.79. The molecule has 0 aliphatic rings. The van der Waals surface area contributed by atoms with E-state index >= 15 is 0 Å². The maximum Gasteiger partial charge on any atom is 0.269 e. The van der Waals surface area contributed by atoms with Gasteiger partial charge in [-0.2, -0.15) is 0 Å². The molecule has 0 amide bonds. The number of phenols is 1. The fourth-order valence-corrected chi connectivity index (χ4v) is 3.44. The van der Waals surface area contributed by atoms with Gasteiger partial charge in [0.05, 0.1) is 4.92 Å². The first-order valence-corrected chi connectivity index (χ1v) is 9.09. The smallest absolute Gasteiger partial charge is 0.269 e. The topological polar surface area (TPSA) is 75.4 Å². The molecule has 2 N–H and O–H groups in total. The van der Waals surface area contributed by atoms with Crippen molar-refractivity contribution in [3.05, 3.63) is 87.5 Å². The number of nitro groups is 1. The molecule has 144 valence electrons. The van der Waals surface area contributed by atoms with Crippen LogP contribution in [0, 0.1) is 28.7 Å². The van der Waals surface area contributed by atoms with Crippen molar-refractivity contribution in [1.82, 2.24) is 0 Å². The van der Waals surface area contributed by atoms with Crippen LogP contribution in [0.5, 0.6) is 5.75 Å². The van der Waals surface area contributed by atoms with E-state index in [9.17, 15) is 24.0 Å². The van der Waals surface area contributed by atoms with Crippen LogP contribution in [0.25, 0.3) is 0 Å². The summed E-state index contributed by atoms with van der Waals surface area (Å²) in [5.41, 5.74) is 1.76. The molecule has 0 heterocycles. The van der Waals surface area contributed by atoms with Gasteiger partial charge in [0, 0.05) is 46.3 Å². The van der Waals surface area contributed by atoms with E-state index in [-0.39, 0.29) is 17.9 Å². The van der Waals surface area contributed by atoms with E-state index in [4.69, 9.17) is 0 Å². The second-order valence-electron chi connectivity index (χ2n) is 6.11. The van der Waals surface area contributed by atoms with E-state index < -0.39 is 22.3 Å². The summed E-state index contributed by atoms with van der Waals surface area (Å²) in [5, 5.41) is 23.1. The average Bonchev–Trinajstić information content (AvgIpc) is 2.66. The molecule has 0 radical (unpaired) electrons. The minimum atomic E-state index is -1.09. The Morgan fingerprint density at radius 1 is 1.07 bits per heavy atom. The number of benzene rings is 3. The van der Waals surface area contributed by atoms with Gasteiger partial charge < -0.3 is 10.4 Å². The Labute approximate surface area is 164 Å². The Morgan fingerprint density at radius 2 is 1.71 bits per heavy atom. The zero-order valence-electron chi connectivity index (χ0n) is 14.8. The molecule has 0 spiro atoms. The normalized spacial score (nSPS) is 10.7. The molecule has 0 aliphatic heterocycles. The first-order chi connectivity index (χ1) is 13.3. The fourth-order valence-electron chi connectivity index (χ4n) is 2.52. The summed E-state index contributed by atoms with van der Waals surface area (Å²) in [6.07, 6.45) is 0.